The van der Waals surface area contributed by atoms with Crippen LogP contribution < -0.4 is 4.74 Å². The van der Waals surface area contributed by atoms with Crippen LogP contribution in [0.2, 0.25) is 0 Å². The summed E-state index contributed by atoms with van der Waals surface area (Å²) in [6, 6.07) is 15.1. The van der Waals surface area contributed by atoms with Crippen LogP contribution in [-0.2, 0) is 6.54 Å². The summed E-state index contributed by atoms with van der Waals surface area (Å²) >= 11 is 0. The van der Waals surface area contributed by atoms with Crippen LogP contribution in [0, 0.1) is 0 Å². The summed E-state index contributed by atoms with van der Waals surface area (Å²) in [5.41, 5.74) is 2.19. The first-order valence-corrected chi connectivity index (χ1v) is 8.72. The van der Waals surface area contributed by atoms with E-state index >= 15 is 0 Å². The summed E-state index contributed by atoms with van der Waals surface area (Å²) in [6.45, 7) is 4.64. The average molecular weight is 337 g/mol. The molecule has 0 aromatic heterocycles. The lowest BCUT2D eigenvalue weighted by Gasteiger charge is -2.23. The van der Waals surface area contributed by atoms with E-state index in [0.29, 0.717) is 24.3 Å². The zero-order chi connectivity index (χ0) is 17.8. The fraction of sp³-hybridized carbons (Fsp3) is 0.333. The predicted octanol–water partition coefficient (Wildman–Crippen LogP) is 4.09. The first-order chi connectivity index (χ1) is 12.1. The van der Waals surface area contributed by atoms with E-state index in [1.807, 2.05) is 36.1 Å². The van der Waals surface area contributed by atoms with E-state index in [1.54, 1.807) is 24.3 Å². The van der Waals surface area contributed by atoms with Crippen molar-refractivity contribution in [3.05, 3.63) is 65.2 Å². The van der Waals surface area contributed by atoms with Crippen LogP contribution in [0.5, 0.6) is 5.75 Å². The molecular weight excluding hydrogens is 314 g/mol. The van der Waals surface area contributed by atoms with Gasteiger partial charge in [-0.3, -0.25) is 9.59 Å². The number of hydrogen-bond acceptors (Lipinski definition) is 3. The van der Waals surface area contributed by atoms with Crippen molar-refractivity contribution in [2.75, 3.05) is 6.61 Å². The third-order valence-electron chi connectivity index (χ3n) is 4.33. The fourth-order valence-corrected chi connectivity index (χ4v) is 2.89. The molecular formula is C21H23NO3. The van der Waals surface area contributed by atoms with Crippen LogP contribution in [-0.4, -0.2) is 29.2 Å². The molecule has 0 N–H and O–H groups in total. The first kappa shape index (κ1) is 17.2. The summed E-state index contributed by atoms with van der Waals surface area (Å²) in [6.07, 6.45) is 2.06. The normalized spacial score (nSPS) is 13.4. The number of rotatable bonds is 7. The molecule has 0 radical (unpaired) electrons. The molecule has 0 atom stereocenters. The first-order valence-electron chi connectivity index (χ1n) is 8.72. The SMILES string of the molecule is CCOc1cccc(CN(C(=O)c2cccc(C(C)=O)c2)C2CC2)c1. The minimum Gasteiger partial charge on any atom is -0.494 e. The van der Waals surface area contributed by atoms with E-state index in [2.05, 4.69) is 0 Å². The van der Waals surface area contributed by atoms with Crippen LogP contribution in [0.4, 0.5) is 0 Å². The fourth-order valence-electron chi connectivity index (χ4n) is 2.89. The number of benzene rings is 2. The second kappa shape index (κ2) is 7.51. The summed E-state index contributed by atoms with van der Waals surface area (Å²) < 4.78 is 5.55. The molecule has 4 nitrogen and oxygen atoms in total. The van der Waals surface area contributed by atoms with E-state index in [0.717, 1.165) is 24.2 Å². The molecule has 0 unspecified atom stereocenters. The summed E-state index contributed by atoms with van der Waals surface area (Å²) in [7, 11) is 0. The van der Waals surface area contributed by atoms with Crippen molar-refractivity contribution in [3.8, 4) is 5.75 Å². The molecule has 3 rings (SSSR count). The number of ether oxygens (including phenoxy) is 1. The number of carbonyl (C=O) groups excluding carboxylic acids is 2. The standard InChI is InChI=1S/C21H23NO3/c1-3-25-20-9-4-6-16(12-20)14-22(19-10-11-19)21(24)18-8-5-7-17(13-18)15(2)23/h4-9,12-13,19H,3,10-11,14H2,1-2H3. The Morgan fingerprint density at radius 3 is 2.48 bits per heavy atom. The predicted molar refractivity (Wildman–Crippen MR) is 97.0 cm³/mol. The number of amides is 1. The maximum absolute atomic E-state index is 13.0. The maximum atomic E-state index is 13.0. The van der Waals surface area contributed by atoms with Gasteiger partial charge < -0.3 is 9.64 Å². The molecule has 2 aromatic carbocycles. The topological polar surface area (TPSA) is 46.6 Å². The van der Waals surface area contributed by atoms with Crippen molar-refractivity contribution < 1.29 is 14.3 Å². The van der Waals surface area contributed by atoms with Gasteiger partial charge in [-0.15, -0.1) is 0 Å². The van der Waals surface area contributed by atoms with Gasteiger partial charge >= 0.3 is 0 Å². The van der Waals surface area contributed by atoms with Gasteiger partial charge in [-0.25, -0.2) is 0 Å². The highest BCUT2D eigenvalue weighted by Crippen LogP contribution is 2.30. The zero-order valence-corrected chi connectivity index (χ0v) is 14.7. The van der Waals surface area contributed by atoms with Crippen LogP contribution in [0.15, 0.2) is 48.5 Å². The zero-order valence-electron chi connectivity index (χ0n) is 14.7. The van der Waals surface area contributed by atoms with Gasteiger partial charge in [-0.2, -0.15) is 0 Å². The lowest BCUT2D eigenvalue weighted by molar-refractivity contribution is 0.0729. The Morgan fingerprint density at radius 2 is 1.80 bits per heavy atom. The van der Waals surface area contributed by atoms with Crippen LogP contribution in [0.1, 0.15) is 53.0 Å². The number of Topliss-reactive ketones (excluding diaryl/α,β-unsaturated/α-hetero) is 1. The summed E-state index contributed by atoms with van der Waals surface area (Å²) in [5.74, 6) is 0.770. The van der Waals surface area contributed by atoms with Crippen molar-refractivity contribution in [1.82, 2.24) is 4.90 Å². The molecule has 0 aliphatic heterocycles. The van der Waals surface area contributed by atoms with Gasteiger partial charge in [0.2, 0.25) is 0 Å². The van der Waals surface area contributed by atoms with E-state index in [4.69, 9.17) is 4.74 Å². The van der Waals surface area contributed by atoms with Gasteiger partial charge in [-0.1, -0.05) is 24.3 Å². The van der Waals surface area contributed by atoms with E-state index in [9.17, 15) is 9.59 Å². The molecule has 1 aliphatic rings. The lowest BCUT2D eigenvalue weighted by Crippen LogP contribution is -2.32. The molecule has 0 heterocycles. The molecule has 4 heteroatoms. The Bertz CT molecular complexity index is 780. The molecule has 1 amide bonds. The molecule has 130 valence electrons. The second-order valence-electron chi connectivity index (χ2n) is 6.38. The molecule has 0 saturated heterocycles. The lowest BCUT2D eigenvalue weighted by atomic mass is 10.1. The smallest absolute Gasteiger partial charge is 0.254 e. The average Bonchev–Trinajstić information content (AvgIpc) is 3.45. The van der Waals surface area contributed by atoms with Crippen molar-refractivity contribution >= 4 is 11.7 Å². The molecule has 25 heavy (non-hydrogen) atoms. The number of ketones is 1. The number of nitrogens with zero attached hydrogens (tertiary/aromatic N) is 1. The van der Waals surface area contributed by atoms with Gasteiger partial charge in [-0.05, 0) is 56.5 Å². The van der Waals surface area contributed by atoms with E-state index in [1.165, 1.54) is 6.92 Å². The van der Waals surface area contributed by atoms with Crippen LogP contribution >= 0.6 is 0 Å². The van der Waals surface area contributed by atoms with Gasteiger partial charge in [0.1, 0.15) is 5.75 Å². The molecule has 2 aromatic rings. The summed E-state index contributed by atoms with van der Waals surface area (Å²) in [5, 5.41) is 0. The maximum Gasteiger partial charge on any atom is 0.254 e. The van der Waals surface area contributed by atoms with Gasteiger partial charge in [0.15, 0.2) is 5.78 Å². The second-order valence-corrected chi connectivity index (χ2v) is 6.38. The number of hydrogen-bond donors (Lipinski definition) is 0. The van der Waals surface area contributed by atoms with E-state index < -0.39 is 0 Å². The third-order valence-corrected chi connectivity index (χ3v) is 4.33. The Morgan fingerprint density at radius 1 is 1.08 bits per heavy atom. The Labute approximate surface area is 148 Å². The molecule has 0 bridgehead atoms. The van der Waals surface area contributed by atoms with Crippen molar-refractivity contribution in [1.29, 1.82) is 0 Å². The van der Waals surface area contributed by atoms with Crippen molar-refractivity contribution in [2.45, 2.75) is 39.3 Å². The Kier molecular flexibility index (Phi) is 5.17. The summed E-state index contributed by atoms with van der Waals surface area (Å²) in [4.78, 5) is 26.5. The number of carbonyl (C=O) groups is 2. The monoisotopic (exact) mass is 337 g/mol. The van der Waals surface area contributed by atoms with Gasteiger partial charge in [0, 0.05) is 23.7 Å². The third kappa shape index (κ3) is 4.27. The van der Waals surface area contributed by atoms with E-state index in [-0.39, 0.29) is 17.7 Å². The Hall–Kier alpha value is -2.62. The van der Waals surface area contributed by atoms with Crippen LogP contribution in [0.3, 0.4) is 0 Å². The minimum absolute atomic E-state index is 0.0209. The van der Waals surface area contributed by atoms with Gasteiger partial charge in [0.25, 0.3) is 5.91 Å². The molecule has 1 aliphatic carbocycles. The largest absolute Gasteiger partial charge is 0.494 e. The van der Waals surface area contributed by atoms with Crippen LogP contribution in [0.25, 0.3) is 0 Å². The van der Waals surface area contributed by atoms with Crippen molar-refractivity contribution in [3.63, 3.8) is 0 Å². The molecule has 1 fully saturated rings. The van der Waals surface area contributed by atoms with Gasteiger partial charge in [0.05, 0.1) is 6.61 Å². The highest BCUT2D eigenvalue weighted by atomic mass is 16.5. The highest BCUT2D eigenvalue weighted by Gasteiger charge is 2.33. The molecule has 1 saturated carbocycles. The minimum atomic E-state index is -0.0305. The molecule has 0 spiro atoms. The highest BCUT2D eigenvalue weighted by molar-refractivity contribution is 5.99. The quantitative estimate of drug-likeness (QED) is 0.715. The van der Waals surface area contributed by atoms with Crippen molar-refractivity contribution in [2.24, 2.45) is 0 Å². The Balaban J connectivity index is 1.81.